The van der Waals surface area contributed by atoms with Gasteiger partial charge in [0.05, 0.1) is 12.6 Å². The number of hydrogen-bond acceptors (Lipinski definition) is 2. The van der Waals surface area contributed by atoms with Gasteiger partial charge in [0.15, 0.2) is 0 Å². The number of fused-ring (bicyclic) bond motifs is 1. The van der Waals surface area contributed by atoms with Crippen molar-refractivity contribution < 1.29 is 9.13 Å². The van der Waals surface area contributed by atoms with Crippen LogP contribution in [-0.2, 0) is 0 Å². The molecule has 0 saturated heterocycles. The minimum atomic E-state index is -0.358. The van der Waals surface area contributed by atoms with Gasteiger partial charge in [-0.1, -0.05) is 11.6 Å². The lowest BCUT2D eigenvalue weighted by Crippen LogP contribution is -1.88. The molecule has 72 valence electrons. The van der Waals surface area contributed by atoms with E-state index < -0.39 is 0 Å². The van der Waals surface area contributed by atoms with Crippen molar-refractivity contribution in [2.45, 2.75) is 0 Å². The van der Waals surface area contributed by atoms with Crippen LogP contribution < -0.4 is 4.74 Å². The number of benzene rings is 1. The van der Waals surface area contributed by atoms with E-state index in [2.05, 4.69) is 4.98 Å². The van der Waals surface area contributed by atoms with Gasteiger partial charge < -0.3 is 4.74 Å². The van der Waals surface area contributed by atoms with E-state index in [-0.39, 0.29) is 5.82 Å². The number of rotatable bonds is 1. The number of nitrogens with zero attached hydrogens (tertiary/aromatic N) is 1. The van der Waals surface area contributed by atoms with Crippen molar-refractivity contribution in [3.05, 3.63) is 35.2 Å². The molecule has 0 N–H and O–H groups in total. The molecule has 1 aromatic heterocycles. The third kappa shape index (κ3) is 1.51. The van der Waals surface area contributed by atoms with E-state index in [1.54, 1.807) is 18.2 Å². The van der Waals surface area contributed by atoms with Gasteiger partial charge in [-0.3, -0.25) is 0 Å². The average molecular weight is 212 g/mol. The number of hydrogen-bond donors (Lipinski definition) is 0. The molecule has 1 aromatic carbocycles. The number of pyridine rings is 1. The molecule has 2 rings (SSSR count). The molecule has 0 fully saturated rings. The summed E-state index contributed by atoms with van der Waals surface area (Å²) >= 11 is 5.69. The summed E-state index contributed by atoms with van der Waals surface area (Å²) in [6, 6.07) is 6.11. The van der Waals surface area contributed by atoms with Gasteiger partial charge >= 0.3 is 0 Å². The van der Waals surface area contributed by atoms with Crippen LogP contribution in [0.1, 0.15) is 0 Å². The molecule has 2 nitrogen and oxygen atoms in total. The molecule has 0 saturated carbocycles. The third-order valence-corrected chi connectivity index (χ3v) is 2.14. The van der Waals surface area contributed by atoms with E-state index >= 15 is 0 Å². The highest BCUT2D eigenvalue weighted by molar-refractivity contribution is 6.29. The van der Waals surface area contributed by atoms with Crippen LogP contribution in [0.3, 0.4) is 0 Å². The van der Waals surface area contributed by atoms with E-state index in [0.29, 0.717) is 21.8 Å². The quantitative estimate of drug-likeness (QED) is 0.677. The highest BCUT2D eigenvalue weighted by atomic mass is 35.5. The molecule has 0 amide bonds. The van der Waals surface area contributed by atoms with E-state index in [1.165, 1.54) is 13.2 Å². The van der Waals surface area contributed by atoms with Crippen molar-refractivity contribution in [1.29, 1.82) is 0 Å². The largest absolute Gasteiger partial charge is 0.497 e. The lowest BCUT2D eigenvalue weighted by Gasteiger charge is -2.03. The second-order valence-electron chi connectivity index (χ2n) is 2.81. The molecule has 0 radical (unpaired) electrons. The summed E-state index contributed by atoms with van der Waals surface area (Å²) in [5, 5.41) is 0.778. The SMILES string of the molecule is COc1cc(F)c2ccc(Cl)nc2c1. The Labute approximate surface area is 85.3 Å². The first-order valence-corrected chi connectivity index (χ1v) is 4.38. The molecular weight excluding hydrogens is 205 g/mol. The summed E-state index contributed by atoms with van der Waals surface area (Å²) in [5.74, 6) is 0.0771. The lowest BCUT2D eigenvalue weighted by atomic mass is 10.2. The highest BCUT2D eigenvalue weighted by Gasteiger charge is 2.05. The maximum atomic E-state index is 13.4. The fourth-order valence-electron chi connectivity index (χ4n) is 1.26. The summed E-state index contributed by atoms with van der Waals surface area (Å²) in [4.78, 5) is 3.99. The zero-order valence-electron chi connectivity index (χ0n) is 7.42. The first-order chi connectivity index (χ1) is 6.70. The Hall–Kier alpha value is -1.35. The predicted molar refractivity (Wildman–Crippen MR) is 53.3 cm³/mol. The van der Waals surface area contributed by atoms with Crippen molar-refractivity contribution in [2.24, 2.45) is 0 Å². The number of aromatic nitrogens is 1. The van der Waals surface area contributed by atoms with E-state index in [4.69, 9.17) is 16.3 Å². The van der Waals surface area contributed by atoms with E-state index in [1.807, 2.05) is 0 Å². The molecular formula is C10H7ClFNO. The van der Waals surface area contributed by atoms with Gasteiger partial charge in [-0.15, -0.1) is 0 Å². The summed E-state index contributed by atoms with van der Waals surface area (Å²) in [7, 11) is 1.48. The molecule has 0 unspecified atom stereocenters. The van der Waals surface area contributed by atoms with Gasteiger partial charge in [-0.05, 0) is 12.1 Å². The second-order valence-corrected chi connectivity index (χ2v) is 3.20. The summed E-state index contributed by atoms with van der Waals surface area (Å²) < 4.78 is 18.3. The van der Waals surface area contributed by atoms with Crippen LogP contribution in [0.15, 0.2) is 24.3 Å². The Morgan fingerprint density at radius 3 is 2.86 bits per heavy atom. The van der Waals surface area contributed by atoms with Crippen LogP contribution in [-0.4, -0.2) is 12.1 Å². The standard InChI is InChI=1S/C10H7ClFNO/c1-14-6-4-8(12)7-2-3-10(11)13-9(7)5-6/h2-5H,1H3. The third-order valence-electron chi connectivity index (χ3n) is 1.93. The smallest absolute Gasteiger partial charge is 0.136 e. The maximum Gasteiger partial charge on any atom is 0.136 e. The van der Waals surface area contributed by atoms with Gasteiger partial charge in [-0.2, -0.15) is 0 Å². The van der Waals surface area contributed by atoms with Crippen LogP contribution in [0.5, 0.6) is 5.75 Å². The Morgan fingerprint density at radius 2 is 2.14 bits per heavy atom. The summed E-state index contributed by atoms with van der Waals surface area (Å²) in [6.07, 6.45) is 0. The van der Waals surface area contributed by atoms with E-state index in [0.717, 1.165) is 0 Å². The second kappa shape index (κ2) is 3.42. The van der Waals surface area contributed by atoms with Gasteiger partial charge in [-0.25, -0.2) is 9.37 Å². The van der Waals surface area contributed by atoms with Crippen LogP contribution in [0, 0.1) is 5.82 Å². The molecule has 0 aliphatic heterocycles. The molecule has 0 atom stereocenters. The molecule has 0 aliphatic rings. The first kappa shape index (κ1) is 9.21. The Morgan fingerprint density at radius 1 is 1.36 bits per heavy atom. The highest BCUT2D eigenvalue weighted by Crippen LogP contribution is 2.24. The predicted octanol–water partition coefficient (Wildman–Crippen LogP) is 3.04. The van der Waals surface area contributed by atoms with Crippen molar-refractivity contribution >= 4 is 22.5 Å². The van der Waals surface area contributed by atoms with Gasteiger partial charge in [0, 0.05) is 17.5 Å². The number of halogens is 2. The molecule has 0 bridgehead atoms. The zero-order valence-corrected chi connectivity index (χ0v) is 8.18. The molecule has 14 heavy (non-hydrogen) atoms. The fourth-order valence-corrected chi connectivity index (χ4v) is 1.41. The lowest BCUT2D eigenvalue weighted by molar-refractivity contribution is 0.412. The van der Waals surface area contributed by atoms with Crippen molar-refractivity contribution in [2.75, 3.05) is 7.11 Å². The Bertz CT molecular complexity index is 487. The molecule has 4 heteroatoms. The maximum absolute atomic E-state index is 13.4. The average Bonchev–Trinajstić information content (AvgIpc) is 2.16. The molecule has 2 aromatic rings. The zero-order chi connectivity index (χ0) is 10.1. The van der Waals surface area contributed by atoms with Gasteiger partial charge in [0.2, 0.25) is 0 Å². The normalized spacial score (nSPS) is 10.5. The first-order valence-electron chi connectivity index (χ1n) is 4.00. The number of ether oxygens (including phenoxy) is 1. The fraction of sp³-hybridized carbons (Fsp3) is 0.100. The van der Waals surface area contributed by atoms with Crippen LogP contribution >= 0.6 is 11.6 Å². The topological polar surface area (TPSA) is 22.1 Å². The summed E-state index contributed by atoms with van der Waals surface area (Å²) in [6.45, 7) is 0. The Kier molecular flexibility index (Phi) is 2.25. The molecule has 1 heterocycles. The van der Waals surface area contributed by atoms with Crippen LogP contribution in [0.25, 0.3) is 10.9 Å². The minimum Gasteiger partial charge on any atom is -0.497 e. The number of methoxy groups -OCH3 is 1. The molecule has 0 spiro atoms. The van der Waals surface area contributed by atoms with Crippen LogP contribution in [0.2, 0.25) is 5.15 Å². The monoisotopic (exact) mass is 211 g/mol. The van der Waals surface area contributed by atoms with Crippen molar-refractivity contribution in [1.82, 2.24) is 4.98 Å². The van der Waals surface area contributed by atoms with Crippen LogP contribution in [0.4, 0.5) is 4.39 Å². The van der Waals surface area contributed by atoms with Crippen molar-refractivity contribution in [3.63, 3.8) is 0 Å². The Balaban J connectivity index is 2.77. The van der Waals surface area contributed by atoms with Gasteiger partial charge in [0.1, 0.15) is 16.7 Å². The molecule has 0 aliphatic carbocycles. The summed E-state index contributed by atoms with van der Waals surface area (Å²) in [5.41, 5.74) is 0.495. The van der Waals surface area contributed by atoms with Gasteiger partial charge in [0.25, 0.3) is 0 Å². The van der Waals surface area contributed by atoms with Crippen molar-refractivity contribution in [3.8, 4) is 5.75 Å². The minimum absolute atomic E-state index is 0.338. The van der Waals surface area contributed by atoms with E-state index in [9.17, 15) is 4.39 Å².